The Morgan fingerprint density at radius 1 is 1.06 bits per heavy atom. The van der Waals surface area contributed by atoms with E-state index in [9.17, 15) is 26.3 Å². The molecular formula is C20H16F7N3O. The predicted molar refractivity (Wildman–Crippen MR) is 101 cm³/mol. The van der Waals surface area contributed by atoms with Crippen LogP contribution in [0.25, 0.3) is 5.57 Å². The number of allylic oxidation sites excluding steroid dienone is 2. The lowest BCUT2D eigenvalue weighted by Gasteiger charge is -2.38. The zero-order valence-electron chi connectivity index (χ0n) is 15.9. The summed E-state index contributed by atoms with van der Waals surface area (Å²) in [6.45, 7) is 0. The number of hydrogen-bond acceptors (Lipinski definition) is 4. The quantitative estimate of drug-likeness (QED) is 0.469. The molecular weight excluding hydrogens is 431 g/mol. The molecule has 2 aromatic rings. The molecule has 3 rings (SSSR count). The van der Waals surface area contributed by atoms with E-state index < -0.39 is 41.3 Å². The van der Waals surface area contributed by atoms with Gasteiger partial charge in [0.1, 0.15) is 5.83 Å². The van der Waals surface area contributed by atoms with Crippen molar-refractivity contribution in [3.05, 3.63) is 65.6 Å². The lowest BCUT2D eigenvalue weighted by Crippen LogP contribution is -2.52. The molecule has 1 aliphatic rings. The first-order chi connectivity index (χ1) is 14.4. The van der Waals surface area contributed by atoms with Crippen molar-refractivity contribution in [3.63, 3.8) is 0 Å². The van der Waals surface area contributed by atoms with Gasteiger partial charge in [-0.25, -0.2) is 9.37 Å². The van der Waals surface area contributed by atoms with E-state index >= 15 is 4.39 Å². The van der Waals surface area contributed by atoms with E-state index in [4.69, 9.17) is 10.5 Å². The van der Waals surface area contributed by atoms with E-state index in [0.717, 1.165) is 30.5 Å². The third-order valence-electron chi connectivity index (χ3n) is 4.69. The molecule has 4 nitrogen and oxygen atoms in total. The molecule has 0 fully saturated rings. The number of nitrogens with two attached hydrogens (primary N) is 1. The number of rotatable bonds is 4. The second-order valence-electron chi connectivity index (χ2n) is 6.82. The monoisotopic (exact) mass is 447 g/mol. The Morgan fingerprint density at radius 3 is 2.26 bits per heavy atom. The fraction of sp³-hybridized carbons (Fsp3) is 0.250. The third kappa shape index (κ3) is 4.44. The molecule has 0 saturated carbocycles. The fourth-order valence-corrected chi connectivity index (χ4v) is 3.22. The second kappa shape index (κ2) is 7.78. The molecule has 0 saturated heterocycles. The van der Waals surface area contributed by atoms with E-state index in [0.29, 0.717) is 0 Å². The molecule has 1 aliphatic carbocycles. The van der Waals surface area contributed by atoms with E-state index in [1.54, 1.807) is 0 Å². The van der Waals surface area contributed by atoms with Crippen molar-refractivity contribution in [1.29, 1.82) is 0 Å². The molecule has 1 unspecified atom stereocenters. The summed E-state index contributed by atoms with van der Waals surface area (Å²) in [4.78, 5) is 3.73. The van der Waals surface area contributed by atoms with E-state index in [-0.39, 0.29) is 28.9 Å². The Kier molecular flexibility index (Phi) is 5.64. The average Bonchev–Trinajstić information content (AvgIpc) is 2.67. The van der Waals surface area contributed by atoms with Crippen LogP contribution in [0.15, 0.2) is 60.1 Å². The van der Waals surface area contributed by atoms with Gasteiger partial charge in [0.25, 0.3) is 0 Å². The van der Waals surface area contributed by atoms with Crippen LogP contribution in [-0.4, -0.2) is 30.0 Å². The third-order valence-corrected chi connectivity index (χ3v) is 4.69. The van der Waals surface area contributed by atoms with Crippen LogP contribution in [0.5, 0.6) is 5.88 Å². The van der Waals surface area contributed by atoms with Gasteiger partial charge in [-0.2, -0.15) is 26.3 Å². The number of alkyl halides is 6. The highest BCUT2D eigenvalue weighted by atomic mass is 19.4. The minimum absolute atomic E-state index is 0.0192. The van der Waals surface area contributed by atoms with Gasteiger partial charge in [-0.05, 0) is 29.8 Å². The van der Waals surface area contributed by atoms with Gasteiger partial charge in [0, 0.05) is 35.6 Å². The number of nitrogens with one attached hydrogen (secondary N) is 1. The number of anilines is 2. The number of halogens is 7. The average molecular weight is 447 g/mol. The van der Waals surface area contributed by atoms with Crippen LogP contribution in [0.4, 0.5) is 42.1 Å². The molecule has 0 amide bonds. The van der Waals surface area contributed by atoms with Crippen molar-refractivity contribution in [2.75, 3.05) is 18.2 Å². The van der Waals surface area contributed by atoms with Crippen LogP contribution in [0.2, 0.25) is 0 Å². The Morgan fingerprint density at radius 2 is 1.71 bits per heavy atom. The molecule has 31 heavy (non-hydrogen) atoms. The van der Waals surface area contributed by atoms with Gasteiger partial charge < -0.3 is 15.8 Å². The molecule has 0 aliphatic heterocycles. The maximum Gasteiger partial charge on any atom is 0.416 e. The first-order valence-corrected chi connectivity index (χ1v) is 8.76. The van der Waals surface area contributed by atoms with Crippen molar-refractivity contribution < 1.29 is 35.5 Å². The van der Waals surface area contributed by atoms with Crippen molar-refractivity contribution in [2.45, 2.75) is 24.3 Å². The molecule has 1 aromatic carbocycles. The number of pyridine rings is 1. The minimum atomic E-state index is -5.27. The lowest BCUT2D eigenvalue weighted by molar-refractivity contribution is -0.167. The smallest absolute Gasteiger partial charge is 0.416 e. The Hall–Kier alpha value is -3.24. The molecule has 1 atom stereocenters. The van der Waals surface area contributed by atoms with Gasteiger partial charge in [0.15, 0.2) is 5.54 Å². The van der Waals surface area contributed by atoms with Crippen LogP contribution in [0.3, 0.4) is 0 Å². The summed E-state index contributed by atoms with van der Waals surface area (Å²) in [5, 5.41) is 2.01. The zero-order valence-corrected chi connectivity index (χ0v) is 15.9. The summed E-state index contributed by atoms with van der Waals surface area (Å²) in [7, 11) is 1.22. The van der Waals surface area contributed by atoms with Gasteiger partial charge >= 0.3 is 12.4 Å². The summed E-state index contributed by atoms with van der Waals surface area (Å²) in [6.07, 6.45) is -10.8. The fourth-order valence-electron chi connectivity index (χ4n) is 3.22. The zero-order chi connectivity index (χ0) is 23.0. The summed E-state index contributed by atoms with van der Waals surface area (Å²) in [5.74, 6) is -1.64. The van der Waals surface area contributed by atoms with Crippen LogP contribution < -0.4 is 15.8 Å². The normalized spacial score (nSPS) is 19.8. The molecule has 0 radical (unpaired) electrons. The van der Waals surface area contributed by atoms with E-state index in [2.05, 4.69) is 4.98 Å². The summed E-state index contributed by atoms with van der Waals surface area (Å²) < 4.78 is 103. The van der Waals surface area contributed by atoms with Gasteiger partial charge in [-0.3, -0.25) is 0 Å². The predicted octanol–water partition coefficient (Wildman–Crippen LogP) is 5.66. The van der Waals surface area contributed by atoms with Crippen molar-refractivity contribution in [1.82, 2.24) is 4.98 Å². The highest BCUT2D eigenvalue weighted by molar-refractivity contribution is 5.84. The molecule has 1 heterocycles. The maximum atomic E-state index is 15.0. The molecule has 3 N–H and O–H groups in total. The first kappa shape index (κ1) is 22.4. The molecule has 11 heteroatoms. The number of ether oxygens (including phenoxy) is 1. The second-order valence-corrected chi connectivity index (χ2v) is 6.82. The number of nitrogens with zero attached hydrogens (tertiary/aromatic N) is 1. The van der Waals surface area contributed by atoms with Crippen molar-refractivity contribution in [3.8, 4) is 5.88 Å². The number of benzene rings is 1. The number of hydrogen-bond donors (Lipinski definition) is 2. The van der Waals surface area contributed by atoms with Gasteiger partial charge in [-0.15, -0.1) is 0 Å². The standard InChI is InChI=1S/C20H16F7N3O/c1-31-16-8-13(6-7-29-16)30-18(20(25,26)27)9-14(19(22,23)24)17(15(21)10-18)11-2-4-12(28)5-3-11/h2-9H,10,28H2,1H3,(H,29,30). The molecule has 0 spiro atoms. The van der Waals surface area contributed by atoms with Gasteiger partial charge in [-0.1, -0.05) is 12.1 Å². The van der Waals surface area contributed by atoms with Crippen LogP contribution in [0, 0.1) is 0 Å². The summed E-state index contributed by atoms with van der Waals surface area (Å²) >= 11 is 0. The highest BCUT2D eigenvalue weighted by Gasteiger charge is 2.58. The van der Waals surface area contributed by atoms with Crippen LogP contribution in [-0.2, 0) is 0 Å². The van der Waals surface area contributed by atoms with Gasteiger partial charge in [0.2, 0.25) is 5.88 Å². The van der Waals surface area contributed by atoms with Gasteiger partial charge in [0.05, 0.1) is 12.7 Å². The summed E-state index contributed by atoms with van der Waals surface area (Å²) in [5.41, 5.74) is -0.835. The van der Waals surface area contributed by atoms with Crippen molar-refractivity contribution in [2.24, 2.45) is 0 Å². The van der Waals surface area contributed by atoms with Crippen LogP contribution in [0.1, 0.15) is 12.0 Å². The van der Waals surface area contributed by atoms with E-state index in [1.165, 1.54) is 19.2 Å². The summed E-state index contributed by atoms with van der Waals surface area (Å²) in [6, 6.07) is 6.87. The number of aromatic nitrogens is 1. The number of nitrogen functional groups attached to an aromatic ring is 1. The Labute approximate surface area is 172 Å². The lowest BCUT2D eigenvalue weighted by atomic mass is 9.80. The molecule has 166 valence electrons. The highest BCUT2D eigenvalue weighted by Crippen LogP contribution is 2.50. The molecule has 0 bridgehead atoms. The Bertz CT molecular complexity index is 1030. The van der Waals surface area contributed by atoms with E-state index in [1.807, 2.05) is 5.32 Å². The van der Waals surface area contributed by atoms with Crippen molar-refractivity contribution >= 4 is 16.9 Å². The Balaban J connectivity index is 2.18. The maximum absolute atomic E-state index is 15.0. The largest absolute Gasteiger partial charge is 0.481 e. The SMILES string of the molecule is COc1cc(NC2(C(F)(F)F)C=C(C(F)(F)F)C(c3ccc(N)cc3)=C(F)C2)ccn1. The van der Waals surface area contributed by atoms with Crippen LogP contribution >= 0.6 is 0 Å². The topological polar surface area (TPSA) is 60.2 Å². The minimum Gasteiger partial charge on any atom is -0.481 e. The first-order valence-electron chi connectivity index (χ1n) is 8.76. The molecule has 1 aromatic heterocycles. The number of methoxy groups -OCH3 is 1.